The van der Waals surface area contributed by atoms with Crippen molar-refractivity contribution in [1.29, 1.82) is 0 Å². The molecule has 0 rings (SSSR count). The third kappa shape index (κ3) is 3.83. The summed E-state index contributed by atoms with van der Waals surface area (Å²) in [6, 6.07) is -0.535. The van der Waals surface area contributed by atoms with Gasteiger partial charge in [0.1, 0.15) is 0 Å². The van der Waals surface area contributed by atoms with Crippen molar-refractivity contribution >= 4 is 6.03 Å². The molecule has 0 unspecified atom stereocenters. The van der Waals surface area contributed by atoms with Gasteiger partial charge in [0, 0.05) is 0 Å². The maximum atomic E-state index is 10.7. The van der Waals surface area contributed by atoms with E-state index in [1.54, 1.807) is 0 Å². The van der Waals surface area contributed by atoms with Gasteiger partial charge in [-0.25, -0.2) is 9.86 Å². The number of carbonyl (C=O) groups is 1. The summed E-state index contributed by atoms with van der Waals surface area (Å²) in [5.41, 5.74) is 5.04. The number of nitrogens with two attached hydrogens (primary N) is 1. The van der Waals surface area contributed by atoms with Crippen molar-refractivity contribution in [3.05, 3.63) is 0 Å². The zero-order chi connectivity index (χ0) is 8.85. The third-order valence-corrected chi connectivity index (χ3v) is 1.12. The van der Waals surface area contributed by atoms with Gasteiger partial charge in [-0.1, -0.05) is 6.92 Å². The summed E-state index contributed by atoms with van der Waals surface area (Å²) in [5, 5.41) is 1.18. The lowest BCUT2D eigenvalue weighted by molar-refractivity contribution is -0.134. The van der Waals surface area contributed by atoms with Crippen molar-refractivity contribution in [1.82, 2.24) is 5.06 Å². The molecule has 66 valence electrons. The lowest BCUT2D eigenvalue weighted by Gasteiger charge is -2.22. The summed E-state index contributed by atoms with van der Waals surface area (Å²) in [6.07, 6.45) is 0.872. The van der Waals surface area contributed by atoms with Gasteiger partial charge in [0.15, 0.2) is 0 Å². The molecular formula is C7H16N2O2. The molecule has 0 atom stereocenters. The molecule has 4 heteroatoms. The van der Waals surface area contributed by atoms with Crippen LogP contribution in [0.2, 0.25) is 0 Å². The number of rotatable bonds is 4. The lowest BCUT2D eigenvalue weighted by Crippen LogP contribution is -2.40. The van der Waals surface area contributed by atoms with Crippen LogP contribution in [0.3, 0.4) is 0 Å². The van der Waals surface area contributed by atoms with Crippen molar-refractivity contribution in [3.63, 3.8) is 0 Å². The average molecular weight is 160 g/mol. The maximum absolute atomic E-state index is 10.7. The molecule has 11 heavy (non-hydrogen) atoms. The molecule has 0 fully saturated rings. The predicted octanol–water partition coefficient (Wildman–Crippen LogP) is 1.12. The van der Waals surface area contributed by atoms with E-state index in [-0.39, 0.29) is 6.04 Å². The Bertz CT molecular complexity index is 126. The SMILES string of the molecule is CCCON(C(N)=O)C(C)C. The van der Waals surface area contributed by atoms with Gasteiger partial charge in [-0.15, -0.1) is 0 Å². The first-order chi connectivity index (χ1) is 5.09. The van der Waals surface area contributed by atoms with Crippen LogP contribution in [0.1, 0.15) is 27.2 Å². The number of nitrogens with zero attached hydrogens (tertiary/aromatic N) is 1. The number of hydrogen-bond acceptors (Lipinski definition) is 2. The quantitative estimate of drug-likeness (QED) is 0.626. The molecule has 2 amide bonds. The number of hydrogen-bond donors (Lipinski definition) is 1. The Kier molecular flexibility index (Phi) is 4.61. The van der Waals surface area contributed by atoms with Crippen LogP contribution in [0.25, 0.3) is 0 Å². The van der Waals surface area contributed by atoms with Crippen LogP contribution in [0, 0.1) is 0 Å². The molecule has 0 aromatic rings. The van der Waals surface area contributed by atoms with E-state index in [0.29, 0.717) is 6.61 Å². The zero-order valence-electron chi connectivity index (χ0n) is 7.33. The second-order valence-electron chi connectivity index (χ2n) is 2.59. The van der Waals surface area contributed by atoms with E-state index in [1.165, 1.54) is 5.06 Å². The first-order valence-electron chi connectivity index (χ1n) is 3.81. The molecule has 0 spiro atoms. The summed E-state index contributed by atoms with van der Waals surface area (Å²) >= 11 is 0. The Morgan fingerprint density at radius 3 is 2.45 bits per heavy atom. The Morgan fingerprint density at radius 1 is 1.64 bits per heavy atom. The first kappa shape index (κ1) is 10.2. The topological polar surface area (TPSA) is 55.6 Å². The van der Waals surface area contributed by atoms with Gasteiger partial charge in [0.25, 0.3) is 0 Å². The number of urea groups is 1. The molecule has 0 saturated carbocycles. The van der Waals surface area contributed by atoms with Crippen LogP contribution in [0.4, 0.5) is 4.79 Å². The number of hydroxylamine groups is 2. The molecule has 0 saturated heterocycles. The van der Waals surface area contributed by atoms with Crippen molar-refractivity contribution < 1.29 is 9.63 Å². The van der Waals surface area contributed by atoms with Gasteiger partial charge in [0.2, 0.25) is 0 Å². The maximum Gasteiger partial charge on any atom is 0.338 e. The van der Waals surface area contributed by atoms with Crippen molar-refractivity contribution in [3.8, 4) is 0 Å². The highest BCUT2D eigenvalue weighted by molar-refractivity contribution is 5.71. The van der Waals surface area contributed by atoms with Gasteiger partial charge in [-0.3, -0.25) is 4.84 Å². The fourth-order valence-electron chi connectivity index (χ4n) is 0.657. The minimum absolute atomic E-state index is 0.000880. The summed E-state index contributed by atoms with van der Waals surface area (Å²) in [6.45, 7) is 6.20. The van der Waals surface area contributed by atoms with E-state index in [2.05, 4.69) is 0 Å². The van der Waals surface area contributed by atoms with Crippen molar-refractivity contribution in [2.24, 2.45) is 5.73 Å². The minimum Gasteiger partial charge on any atom is -0.350 e. The van der Waals surface area contributed by atoms with Gasteiger partial charge in [-0.2, -0.15) is 0 Å². The van der Waals surface area contributed by atoms with Gasteiger partial charge in [0.05, 0.1) is 12.6 Å². The Morgan fingerprint density at radius 2 is 2.18 bits per heavy atom. The van der Waals surface area contributed by atoms with E-state index in [9.17, 15) is 4.79 Å². The summed E-state index contributed by atoms with van der Waals surface area (Å²) < 4.78 is 0. The van der Waals surface area contributed by atoms with E-state index in [1.807, 2.05) is 20.8 Å². The van der Waals surface area contributed by atoms with E-state index >= 15 is 0 Å². The van der Waals surface area contributed by atoms with Crippen LogP contribution in [0.5, 0.6) is 0 Å². The van der Waals surface area contributed by atoms with Crippen LogP contribution >= 0.6 is 0 Å². The molecule has 0 bridgehead atoms. The van der Waals surface area contributed by atoms with Crippen molar-refractivity contribution in [2.45, 2.75) is 33.2 Å². The lowest BCUT2D eigenvalue weighted by atomic mass is 10.4. The van der Waals surface area contributed by atoms with E-state index in [4.69, 9.17) is 10.6 Å². The second kappa shape index (κ2) is 4.96. The molecule has 0 aliphatic carbocycles. The van der Waals surface area contributed by atoms with Crippen LogP contribution < -0.4 is 5.73 Å². The minimum atomic E-state index is -0.534. The average Bonchev–Trinajstić information content (AvgIpc) is 1.87. The van der Waals surface area contributed by atoms with E-state index in [0.717, 1.165) is 6.42 Å². The summed E-state index contributed by atoms with van der Waals surface area (Å²) in [7, 11) is 0. The molecule has 4 nitrogen and oxygen atoms in total. The highest BCUT2D eigenvalue weighted by Gasteiger charge is 2.13. The number of primary amides is 1. The summed E-state index contributed by atoms with van der Waals surface area (Å²) in [5.74, 6) is 0. The first-order valence-corrected chi connectivity index (χ1v) is 3.81. The molecule has 0 aromatic heterocycles. The highest BCUT2D eigenvalue weighted by Crippen LogP contribution is 1.98. The van der Waals surface area contributed by atoms with Crippen LogP contribution in [0.15, 0.2) is 0 Å². The molecule has 0 aliphatic heterocycles. The second-order valence-corrected chi connectivity index (χ2v) is 2.59. The molecule has 0 heterocycles. The largest absolute Gasteiger partial charge is 0.350 e. The number of carbonyl (C=O) groups excluding carboxylic acids is 1. The van der Waals surface area contributed by atoms with Gasteiger partial charge < -0.3 is 5.73 Å². The van der Waals surface area contributed by atoms with Gasteiger partial charge >= 0.3 is 6.03 Å². The molecular weight excluding hydrogens is 144 g/mol. The zero-order valence-corrected chi connectivity index (χ0v) is 7.33. The monoisotopic (exact) mass is 160 g/mol. The fraction of sp³-hybridized carbons (Fsp3) is 0.857. The molecule has 0 aliphatic rings. The van der Waals surface area contributed by atoms with Crippen molar-refractivity contribution in [2.75, 3.05) is 6.61 Å². The molecule has 0 aromatic carbocycles. The fourth-order valence-corrected chi connectivity index (χ4v) is 0.657. The summed E-state index contributed by atoms with van der Waals surface area (Å²) in [4.78, 5) is 15.7. The predicted molar refractivity (Wildman–Crippen MR) is 42.8 cm³/mol. The van der Waals surface area contributed by atoms with Crippen LogP contribution in [-0.4, -0.2) is 23.7 Å². The standard InChI is InChI=1S/C7H16N2O2/c1-4-5-11-9(6(2)3)7(8)10/h6H,4-5H2,1-3H3,(H2,8,10). The highest BCUT2D eigenvalue weighted by atomic mass is 16.7. The normalized spacial score (nSPS) is 10.2. The smallest absolute Gasteiger partial charge is 0.338 e. The Labute approximate surface area is 67.3 Å². The molecule has 2 N–H and O–H groups in total. The number of amides is 2. The Balaban J connectivity index is 3.80. The Hall–Kier alpha value is -0.770. The van der Waals surface area contributed by atoms with E-state index < -0.39 is 6.03 Å². The van der Waals surface area contributed by atoms with Gasteiger partial charge in [-0.05, 0) is 20.3 Å². The molecule has 0 radical (unpaired) electrons. The third-order valence-electron chi connectivity index (χ3n) is 1.12. The van der Waals surface area contributed by atoms with Crippen LogP contribution in [-0.2, 0) is 4.84 Å².